The predicted octanol–water partition coefficient (Wildman–Crippen LogP) is 4.41. The first-order chi connectivity index (χ1) is 32.5. The van der Waals surface area contributed by atoms with E-state index in [0.717, 1.165) is 55.2 Å². The van der Waals surface area contributed by atoms with E-state index >= 15 is 0 Å². The molecule has 8 unspecified atom stereocenters. The molecule has 7 N–H and O–H groups in total. The molecular formula is C49H50F2N11O5+. The number of aromatic nitrogens is 4. The van der Waals surface area contributed by atoms with Crippen molar-refractivity contribution in [2.75, 3.05) is 11.9 Å². The number of H-pyrrole nitrogens is 2. The Morgan fingerprint density at radius 2 is 1.70 bits per heavy atom. The van der Waals surface area contributed by atoms with Crippen LogP contribution < -0.4 is 31.2 Å². The first-order valence-electron chi connectivity index (χ1n) is 23.0. The molecule has 0 radical (unpaired) electrons. The smallest absolute Gasteiger partial charge is 0.268 e. The maximum absolute atomic E-state index is 14.6. The standard InChI is InChI=1S/C49H49F2N11O5/c50-34-9-3-6-26-14-37(55-44(26)34)47(64)57-36(13-25-11-12-25)46(63)59-40(18-52)32-22-62(21-28-5-1-2-8-30(28)32)43-17-29(43)16-39(58-48(65)38-15-27-7-4-10-35(51)45(27)56-38)49(66)60-41(19-53)33-23-67-24-42-31(33)20-54-61-42/h3-4,6-7,9-10,15,20-22,25,29,33,36-37,39-41,43,55H,1-2,5,8,11-14,16-17,23-24H2,(H5-,54,56,57,58,59,60,61,63,64,65,66)/p+1. The third-order valence-electron chi connectivity index (χ3n) is 14.0. The van der Waals surface area contributed by atoms with Gasteiger partial charge in [-0.25, -0.2) is 13.3 Å². The molecule has 8 atom stereocenters. The van der Waals surface area contributed by atoms with Crippen molar-refractivity contribution in [1.29, 1.82) is 10.5 Å². The molecule has 5 aliphatic rings. The third-order valence-corrected chi connectivity index (χ3v) is 14.0. The second kappa shape index (κ2) is 18.2. The topological polar surface area (TPSA) is 234 Å². The monoisotopic (exact) mass is 910 g/mol. The molecule has 5 aromatic rings. The molecule has 18 heteroatoms. The fraction of sp³-hybridized carbons (Fsp3) is 0.429. The predicted molar refractivity (Wildman–Crippen MR) is 236 cm³/mol. The van der Waals surface area contributed by atoms with Crippen LogP contribution in [0.5, 0.6) is 0 Å². The average molecular weight is 911 g/mol. The molecule has 5 heterocycles. The van der Waals surface area contributed by atoms with Gasteiger partial charge in [-0.15, -0.1) is 0 Å². The van der Waals surface area contributed by atoms with Gasteiger partial charge in [0.25, 0.3) is 5.91 Å². The van der Waals surface area contributed by atoms with E-state index < -0.39 is 71.4 Å². The summed E-state index contributed by atoms with van der Waals surface area (Å²) in [7, 11) is 0. The van der Waals surface area contributed by atoms with Gasteiger partial charge in [-0.3, -0.25) is 24.3 Å². The molecule has 2 aliphatic heterocycles. The van der Waals surface area contributed by atoms with Crippen LogP contribution in [0, 0.1) is 46.1 Å². The second-order valence-electron chi connectivity index (χ2n) is 18.6. The van der Waals surface area contributed by atoms with Gasteiger partial charge in [0.15, 0.2) is 18.4 Å². The summed E-state index contributed by atoms with van der Waals surface area (Å²) in [5.74, 6) is -3.42. The number of rotatable bonds is 15. The minimum Gasteiger partial charge on any atom is -0.374 e. The molecule has 3 aromatic heterocycles. The number of aromatic amines is 2. The van der Waals surface area contributed by atoms with Gasteiger partial charge in [-0.05, 0) is 73.8 Å². The van der Waals surface area contributed by atoms with Gasteiger partial charge >= 0.3 is 0 Å². The van der Waals surface area contributed by atoms with Gasteiger partial charge in [0.1, 0.15) is 47.5 Å². The van der Waals surface area contributed by atoms with Gasteiger partial charge in [-0.1, -0.05) is 37.1 Å². The van der Waals surface area contributed by atoms with Crippen LogP contribution in [0.1, 0.15) is 107 Å². The quantitative estimate of drug-likeness (QED) is 0.0737. The number of carbonyl (C=O) groups is 4. The van der Waals surface area contributed by atoms with Crippen LogP contribution in [-0.2, 0) is 45.0 Å². The largest absolute Gasteiger partial charge is 0.374 e. The number of fused-ring (bicyclic) bond motifs is 4. The number of anilines is 1. The summed E-state index contributed by atoms with van der Waals surface area (Å²) in [5.41, 5.74) is 5.41. The Labute approximate surface area is 384 Å². The van der Waals surface area contributed by atoms with E-state index in [1.54, 1.807) is 30.5 Å². The number of hydrogen-bond donors (Lipinski definition) is 7. The molecule has 4 amide bonds. The maximum atomic E-state index is 14.6. The zero-order valence-corrected chi connectivity index (χ0v) is 36.5. The molecule has 344 valence electrons. The molecule has 16 nitrogen and oxygen atoms in total. The molecule has 0 spiro atoms. The van der Waals surface area contributed by atoms with E-state index in [2.05, 4.69) is 60.1 Å². The number of nitriles is 2. The highest BCUT2D eigenvalue weighted by Gasteiger charge is 2.49. The van der Waals surface area contributed by atoms with E-state index in [0.29, 0.717) is 41.7 Å². The maximum Gasteiger partial charge on any atom is 0.268 e. The minimum absolute atomic E-state index is 0.0687. The van der Waals surface area contributed by atoms with Gasteiger partial charge in [0, 0.05) is 41.2 Å². The number of para-hydroxylation sites is 2. The van der Waals surface area contributed by atoms with Crippen LogP contribution in [0.25, 0.3) is 10.9 Å². The lowest BCUT2D eigenvalue weighted by atomic mass is 9.87. The Hall–Kier alpha value is -7.18. The van der Waals surface area contributed by atoms with Crippen molar-refractivity contribution in [2.24, 2.45) is 11.8 Å². The summed E-state index contributed by atoms with van der Waals surface area (Å²) >= 11 is 0. The van der Waals surface area contributed by atoms with Crippen LogP contribution in [0.4, 0.5) is 14.5 Å². The Morgan fingerprint density at radius 3 is 2.49 bits per heavy atom. The lowest BCUT2D eigenvalue weighted by molar-refractivity contribution is -0.704. The van der Waals surface area contributed by atoms with Crippen molar-refractivity contribution in [3.8, 4) is 12.1 Å². The van der Waals surface area contributed by atoms with Gasteiger partial charge in [-0.2, -0.15) is 15.6 Å². The number of nitrogens with one attached hydrogen (secondary N) is 7. The van der Waals surface area contributed by atoms with Gasteiger partial charge < -0.3 is 36.3 Å². The highest BCUT2D eigenvalue weighted by atomic mass is 19.1. The van der Waals surface area contributed by atoms with Crippen molar-refractivity contribution in [2.45, 2.75) is 113 Å². The summed E-state index contributed by atoms with van der Waals surface area (Å²) in [6.07, 6.45) is 12.4. The van der Waals surface area contributed by atoms with Gasteiger partial charge in [0.2, 0.25) is 17.7 Å². The molecule has 2 fully saturated rings. The zero-order chi connectivity index (χ0) is 46.3. The first kappa shape index (κ1) is 43.7. The van der Waals surface area contributed by atoms with Crippen molar-refractivity contribution in [1.82, 2.24) is 36.4 Å². The number of aryl methyl sites for hydroxylation is 1. The van der Waals surface area contributed by atoms with Crippen LogP contribution in [0.2, 0.25) is 0 Å². The average Bonchev–Trinajstić information content (AvgIpc) is 4.11. The van der Waals surface area contributed by atoms with E-state index in [1.165, 1.54) is 18.2 Å². The Kier molecular flexibility index (Phi) is 11.9. The molecule has 0 saturated heterocycles. The molecule has 2 aromatic carbocycles. The van der Waals surface area contributed by atoms with Crippen molar-refractivity contribution >= 4 is 40.2 Å². The fourth-order valence-corrected chi connectivity index (χ4v) is 10.2. The molecule has 67 heavy (non-hydrogen) atoms. The lowest BCUT2D eigenvalue weighted by Crippen LogP contribution is -2.52. The Morgan fingerprint density at radius 1 is 0.910 bits per heavy atom. The van der Waals surface area contributed by atoms with Crippen LogP contribution in [0.15, 0.2) is 61.1 Å². The van der Waals surface area contributed by atoms with Crippen molar-refractivity contribution in [3.05, 3.63) is 112 Å². The summed E-state index contributed by atoms with van der Waals surface area (Å²) in [4.78, 5) is 58.6. The normalized spacial score (nSPS) is 22.0. The van der Waals surface area contributed by atoms with Gasteiger partial charge in [0.05, 0.1) is 54.0 Å². The molecule has 10 rings (SSSR count). The molecule has 2 saturated carbocycles. The van der Waals surface area contributed by atoms with Crippen molar-refractivity contribution in [3.63, 3.8) is 0 Å². The van der Waals surface area contributed by atoms with E-state index in [4.69, 9.17) is 4.74 Å². The number of pyridine rings is 1. The Bertz CT molecular complexity index is 2860. The summed E-state index contributed by atoms with van der Waals surface area (Å²) in [6.45, 7) is 0.478. The van der Waals surface area contributed by atoms with Crippen LogP contribution >= 0.6 is 0 Å². The molecule has 0 bridgehead atoms. The third kappa shape index (κ3) is 9.05. The van der Waals surface area contributed by atoms with Crippen LogP contribution in [-0.4, -0.2) is 69.6 Å². The summed E-state index contributed by atoms with van der Waals surface area (Å²) in [6, 6.07) is 10.3. The highest BCUT2D eigenvalue weighted by Crippen LogP contribution is 2.44. The van der Waals surface area contributed by atoms with Crippen LogP contribution in [0.3, 0.4) is 0 Å². The van der Waals surface area contributed by atoms with E-state index in [9.17, 15) is 38.5 Å². The summed E-state index contributed by atoms with van der Waals surface area (Å²) < 4.78 is 36.9. The lowest BCUT2D eigenvalue weighted by Gasteiger charge is -2.28. The minimum atomic E-state index is -1.10. The highest BCUT2D eigenvalue weighted by molar-refractivity contribution is 6.00. The molecule has 3 aliphatic carbocycles. The number of benzene rings is 2. The first-order valence-corrected chi connectivity index (χ1v) is 23.0. The number of amides is 4. The van der Waals surface area contributed by atoms with E-state index in [1.807, 2.05) is 10.8 Å². The zero-order valence-electron chi connectivity index (χ0n) is 36.5. The second-order valence-corrected chi connectivity index (χ2v) is 18.6. The number of carbonyl (C=O) groups excluding carboxylic acids is 4. The molecular weight excluding hydrogens is 861 g/mol. The number of halogens is 2. The number of hydrogen-bond acceptors (Lipinski definition) is 9. The summed E-state index contributed by atoms with van der Waals surface area (Å²) in [5, 5.41) is 43.0. The van der Waals surface area contributed by atoms with Crippen molar-refractivity contribution < 1.29 is 37.3 Å². The van der Waals surface area contributed by atoms with E-state index in [-0.39, 0.29) is 54.2 Å². The number of ether oxygens (including phenoxy) is 1. The number of nitrogens with zero attached hydrogens (tertiary/aromatic N) is 4. The Balaban J connectivity index is 0.871. The SMILES string of the molecule is N#CC(NC(=O)C(CC1CC1)NC(=O)C1Cc2cccc(F)c2N1)c1c[n+](C2CC2CC(NC(=O)c2cc3cccc(F)c3[nH]2)C(=O)NC(C#N)C2COCc3[nH]ncc32)cc2c1CCCC2. The fourth-order valence-electron chi connectivity index (χ4n) is 10.2.